The topological polar surface area (TPSA) is 26.0 Å². The monoisotopic (exact) mass is 211 g/mol. The van der Waals surface area contributed by atoms with Gasteiger partial charge in [-0.1, -0.05) is 15.9 Å². The zero-order valence-electron chi connectivity index (χ0n) is 5.19. The van der Waals surface area contributed by atoms with Crippen LogP contribution in [-0.2, 0) is 0 Å². The van der Waals surface area contributed by atoms with E-state index in [2.05, 4.69) is 15.9 Å². The second-order valence-electron chi connectivity index (χ2n) is 2.61. The molecule has 1 saturated carbocycles. The number of nitrogens with two attached hydrogens (primary N) is 1. The molecule has 0 heterocycles. The predicted octanol–water partition coefficient (Wildman–Crippen LogP) is 1.87. The van der Waals surface area contributed by atoms with Crippen LogP contribution in [-0.4, -0.2) is 16.2 Å². The lowest BCUT2D eigenvalue weighted by Gasteiger charge is -2.26. The summed E-state index contributed by atoms with van der Waals surface area (Å²) in [4.78, 5) is 0.485. The lowest BCUT2D eigenvalue weighted by molar-refractivity contribution is 0.460. The molecule has 0 amide bonds. The summed E-state index contributed by atoms with van der Waals surface area (Å²) in [7, 11) is 0. The second-order valence-corrected chi connectivity index (χ2v) is 4.34. The van der Waals surface area contributed by atoms with Crippen LogP contribution in [0.2, 0.25) is 0 Å². The van der Waals surface area contributed by atoms with Gasteiger partial charge >= 0.3 is 0 Å². The molecule has 3 heteroatoms. The van der Waals surface area contributed by atoms with Gasteiger partial charge in [-0.15, -0.1) is 11.6 Å². The predicted molar refractivity (Wildman–Crippen MR) is 44.2 cm³/mol. The fourth-order valence-electron chi connectivity index (χ4n) is 1.11. The first-order valence-electron chi connectivity index (χ1n) is 3.24. The molecule has 0 bridgehead atoms. The summed E-state index contributed by atoms with van der Waals surface area (Å²) in [6.45, 7) is 0. The number of hydrogen-bond acceptors (Lipinski definition) is 1. The summed E-state index contributed by atoms with van der Waals surface area (Å²) in [6.07, 6.45) is 3.19. The Morgan fingerprint density at radius 2 is 2.11 bits per heavy atom. The Balaban J connectivity index is 2.35. The van der Waals surface area contributed by atoms with Crippen LogP contribution < -0.4 is 5.73 Å². The van der Waals surface area contributed by atoms with Gasteiger partial charge in [0, 0.05) is 16.2 Å². The first-order chi connectivity index (χ1) is 4.20. The smallest absolute Gasteiger partial charge is 0.0475 e. The van der Waals surface area contributed by atoms with Gasteiger partial charge in [0.1, 0.15) is 0 Å². The number of alkyl halides is 2. The molecule has 54 valence electrons. The van der Waals surface area contributed by atoms with Gasteiger partial charge in [-0.25, -0.2) is 0 Å². The molecule has 1 nitrogen and oxygen atoms in total. The van der Waals surface area contributed by atoms with Gasteiger partial charge in [0.05, 0.1) is 0 Å². The second kappa shape index (κ2) is 3.22. The minimum atomic E-state index is 0.244. The summed E-state index contributed by atoms with van der Waals surface area (Å²) in [5, 5.41) is 0.244. The molecule has 0 aromatic rings. The summed E-state index contributed by atoms with van der Waals surface area (Å²) in [5.74, 6) is 0. The van der Waals surface area contributed by atoms with Crippen molar-refractivity contribution in [2.45, 2.75) is 35.5 Å². The van der Waals surface area contributed by atoms with Crippen molar-refractivity contribution in [1.82, 2.24) is 0 Å². The van der Waals surface area contributed by atoms with Gasteiger partial charge in [0.25, 0.3) is 0 Å². The van der Waals surface area contributed by atoms with E-state index in [1.807, 2.05) is 0 Å². The molecule has 0 saturated heterocycles. The van der Waals surface area contributed by atoms with Crippen LogP contribution in [0.5, 0.6) is 0 Å². The number of rotatable bonds is 0. The Kier molecular flexibility index (Phi) is 2.80. The highest BCUT2D eigenvalue weighted by Gasteiger charge is 2.24. The van der Waals surface area contributed by atoms with Crippen LogP contribution in [0, 0.1) is 0 Å². The van der Waals surface area contributed by atoms with Crippen LogP contribution in [0.1, 0.15) is 19.3 Å². The maximum Gasteiger partial charge on any atom is 0.0475 e. The normalized spacial score (nSPS) is 45.0. The minimum Gasteiger partial charge on any atom is -0.328 e. The Bertz CT molecular complexity index is 99.1. The lowest BCUT2D eigenvalue weighted by Crippen LogP contribution is -2.34. The van der Waals surface area contributed by atoms with E-state index in [0.29, 0.717) is 10.9 Å². The summed E-state index contributed by atoms with van der Waals surface area (Å²) >= 11 is 9.43. The quantitative estimate of drug-likeness (QED) is 0.610. The Morgan fingerprint density at radius 3 is 2.56 bits per heavy atom. The van der Waals surface area contributed by atoms with Crippen LogP contribution in [0.15, 0.2) is 0 Å². The average molecular weight is 213 g/mol. The third-order valence-corrected chi connectivity index (χ3v) is 3.62. The van der Waals surface area contributed by atoms with E-state index in [0.717, 1.165) is 19.3 Å². The third-order valence-electron chi connectivity index (χ3n) is 1.73. The van der Waals surface area contributed by atoms with Crippen LogP contribution in [0.25, 0.3) is 0 Å². The van der Waals surface area contributed by atoms with Crippen molar-refractivity contribution in [1.29, 1.82) is 0 Å². The fourth-order valence-corrected chi connectivity index (χ4v) is 1.94. The van der Waals surface area contributed by atoms with Gasteiger partial charge in [-0.05, 0) is 19.3 Å². The van der Waals surface area contributed by atoms with Crippen molar-refractivity contribution in [3.63, 3.8) is 0 Å². The maximum absolute atomic E-state index is 5.94. The Labute approximate surface area is 69.1 Å². The van der Waals surface area contributed by atoms with Gasteiger partial charge in [-0.3, -0.25) is 0 Å². The molecule has 1 rings (SSSR count). The van der Waals surface area contributed by atoms with E-state index in [9.17, 15) is 0 Å². The molecule has 1 fully saturated rings. The van der Waals surface area contributed by atoms with Gasteiger partial charge in [0.15, 0.2) is 0 Å². The highest BCUT2D eigenvalue weighted by molar-refractivity contribution is 9.09. The maximum atomic E-state index is 5.94. The largest absolute Gasteiger partial charge is 0.328 e. The fraction of sp³-hybridized carbons (Fsp3) is 1.00. The van der Waals surface area contributed by atoms with E-state index >= 15 is 0 Å². The standard InChI is InChI=1S/C6H11BrClN/c7-5-2-1-4(9)3-6(5)8/h4-6H,1-3,9H2. The molecule has 0 aliphatic heterocycles. The molecule has 0 radical (unpaired) electrons. The van der Waals surface area contributed by atoms with E-state index < -0.39 is 0 Å². The molecular formula is C6H11BrClN. The zero-order valence-corrected chi connectivity index (χ0v) is 7.53. The summed E-state index contributed by atoms with van der Waals surface area (Å²) in [5.41, 5.74) is 5.68. The molecule has 2 N–H and O–H groups in total. The van der Waals surface area contributed by atoms with Crippen molar-refractivity contribution >= 4 is 27.5 Å². The highest BCUT2D eigenvalue weighted by Crippen LogP contribution is 2.27. The van der Waals surface area contributed by atoms with Gasteiger partial charge in [-0.2, -0.15) is 0 Å². The van der Waals surface area contributed by atoms with E-state index in [1.165, 1.54) is 0 Å². The number of halogens is 2. The van der Waals surface area contributed by atoms with Crippen molar-refractivity contribution < 1.29 is 0 Å². The molecular weight excluding hydrogens is 201 g/mol. The molecule has 0 aromatic heterocycles. The Morgan fingerprint density at radius 1 is 1.44 bits per heavy atom. The molecule has 1 aliphatic carbocycles. The van der Waals surface area contributed by atoms with Crippen LogP contribution in [0.4, 0.5) is 0 Å². The van der Waals surface area contributed by atoms with Gasteiger partial charge in [0.2, 0.25) is 0 Å². The van der Waals surface area contributed by atoms with Crippen LogP contribution >= 0.6 is 27.5 Å². The molecule has 3 unspecified atom stereocenters. The zero-order chi connectivity index (χ0) is 6.85. The molecule has 0 spiro atoms. The SMILES string of the molecule is NC1CCC(Br)C(Cl)C1. The number of hydrogen-bond donors (Lipinski definition) is 1. The Hall–Kier alpha value is 0.730. The van der Waals surface area contributed by atoms with Crippen molar-refractivity contribution in [2.75, 3.05) is 0 Å². The van der Waals surface area contributed by atoms with E-state index in [-0.39, 0.29) is 5.38 Å². The first-order valence-corrected chi connectivity index (χ1v) is 4.59. The van der Waals surface area contributed by atoms with E-state index in [4.69, 9.17) is 17.3 Å². The molecule has 9 heavy (non-hydrogen) atoms. The summed E-state index contributed by atoms with van der Waals surface area (Å²) in [6, 6.07) is 0.335. The van der Waals surface area contributed by atoms with Crippen LogP contribution in [0.3, 0.4) is 0 Å². The average Bonchev–Trinajstić information content (AvgIpc) is 1.80. The highest BCUT2D eigenvalue weighted by atomic mass is 79.9. The lowest BCUT2D eigenvalue weighted by atomic mass is 9.96. The first kappa shape index (κ1) is 7.83. The summed E-state index contributed by atoms with van der Waals surface area (Å²) < 4.78 is 0. The molecule has 3 atom stereocenters. The van der Waals surface area contributed by atoms with Crippen molar-refractivity contribution in [2.24, 2.45) is 5.73 Å². The van der Waals surface area contributed by atoms with Crippen molar-refractivity contribution in [3.05, 3.63) is 0 Å². The van der Waals surface area contributed by atoms with Crippen molar-refractivity contribution in [3.8, 4) is 0 Å². The minimum absolute atomic E-state index is 0.244. The molecule has 1 aliphatic rings. The van der Waals surface area contributed by atoms with E-state index in [1.54, 1.807) is 0 Å². The third kappa shape index (κ3) is 2.10. The molecule has 0 aromatic carbocycles. The van der Waals surface area contributed by atoms with Gasteiger partial charge < -0.3 is 5.73 Å².